The van der Waals surface area contributed by atoms with Crippen molar-refractivity contribution >= 4 is 17.9 Å². The second-order valence-corrected chi connectivity index (χ2v) is 7.77. The van der Waals surface area contributed by atoms with Crippen LogP contribution in [-0.2, 0) is 16.0 Å². The van der Waals surface area contributed by atoms with Gasteiger partial charge in [-0.25, -0.2) is 9.59 Å². The molecule has 1 atom stereocenters. The highest BCUT2D eigenvalue weighted by atomic mass is 16.6. The van der Waals surface area contributed by atoms with Crippen molar-refractivity contribution < 1.29 is 28.6 Å². The van der Waals surface area contributed by atoms with Crippen molar-refractivity contribution in [2.45, 2.75) is 19.4 Å². The van der Waals surface area contributed by atoms with Gasteiger partial charge in [0.05, 0.1) is 17.0 Å². The van der Waals surface area contributed by atoms with E-state index in [0.717, 1.165) is 0 Å². The Kier molecular flexibility index (Phi) is 8.73. The second kappa shape index (κ2) is 12.1. The van der Waals surface area contributed by atoms with Crippen LogP contribution in [-0.4, -0.2) is 24.0 Å². The van der Waals surface area contributed by atoms with Crippen molar-refractivity contribution in [1.82, 2.24) is 0 Å². The first-order chi connectivity index (χ1) is 16.9. The molecule has 3 aromatic rings. The van der Waals surface area contributed by atoms with E-state index < -0.39 is 29.9 Å². The van der Waals surface area contributed by atoms with Crippen LogP contribution in [0.3, 0.4) is 0 Å². The number of ether oxygens (including phenoxy) is 3. The van der Waals surface area contributed by atoms with Gasteiger partial charge < -0.3 is 14.2 Å². The van der Waals surface area contributed by atoms with Crippen LogP contribution in [0, 0.1) is 5.92 Å². The first-order valence-electron chi connectivity index (χ1n) is 11.0. The fourth-order valence-corrected chi connectivity index (χ4v) is 3.19. The molecule has 0 saturated heterocycles. The molecule has 0 heterocycles. The molecule has 0 aliphatic rings. The molecule has 0 N–H and O–H groups in total. The van der Waals surface area contributed by atoms with Gasteiger partial charge in [-0.3, -0.25) is 4.79 Å². The van der Waals surface area contributed by atoms with Gasteiger partial charge in [0.15, 0.2) is 11.5 Å². The molecule has 0 amide bonds. The largest absolute Gasteiger partial charge is 0.454 e. The average molecular weight is 471 g/mol. The number of carbonyl (C=O) groups excluding carboxylic acids is 3. The van der Waals surface area contributed by atoms with Crippen molar-refractivity contribution in [2.75, 3.05) is 0 Å². The predicted molar refractivity (Wildman–Crippen MR) is 132 cm³/mol. The molecule has 6 nitrogen and oxygen atoms in total. The van der Waals surface area contributed by atoms with Gasteiger partial charge in [-0.15, -0.1) is 0 Å². The van der Waals surface area contributed by atoms with Crippen LogP contribution in [0.1, 0.15) is 33.2 Å². The lowest BCUT2D eigenvalue weighted by atomic mass is 10.0. The molecule has 3 rings (SSSR count). The highest BCUT2D eigenvalue weighted by Gasteiger charge is 2.21. The Morgan fingerprint density at radius 2 is 1.29 bits per heavy atom. The maximum absolute atomic E-state index is 12.7. The molecule has 0 aliphatic carbocycles. The van der Waals surface area contributed by atoms with E-state index in [4.69, 9.17) is 14.2 Å². The van der Waals surface area contributed by atoms with Gasteiger partial charge in [-0.05, 0) is 60.5 Å². The summed E-state index contributed by atoms with van der Waals surface area (Å²) in [5, 5.41) is 0. The van der Waals surface area contributed by atoms with Crippen LogP contribution in [0.4, 0.5) is 0 Å². The highest BCUT2D eigenvalue weighted by molar-refractivity contribution is 5.93. The zero-order chi connectivity index (χ0) is 25.2. The number of benzene rings is 3. The van der Waals surface area contributed by atoms with E-state index in [9.17, 15) is 14.4 Å². The summed E-state index contributed by atoms with van der Waals surface area (Å²) in [6, 6.07) is 21.8. The van der Waals surface area contributed by atoms with Crippen molar-refractivity contribution in [1.29, 1.82) is 0 Å². The lowest BCUT2D eigenvalue weighted by Crippen LogP contribution is -2.21. The molecular weight excluding hydrogens is 444 g/mol. The van der Waals surface area contributed by atoms with Gasteiger partial charge in [0.25, 0.3) is 0 Å². The van der Waals surface area contributed by atoms with Gasteiger partial charge in [-0.1, -0.05) is 62.5 Å². The fourth-order valence-electron chi connectivity index (χ4n) is 3.19. The molecule has 0 bridgehead atoms. The molecule has 0 saturated carbocycles. The molecule has 178 valence electrons. The minimum absolute atomic E-state index is 0.0660. The van der Waals surface area contributed by atoms with E-state index in [1.165, 1.54) is 18.2 Å². The summed E-state index contributed by atoms with van der Waals surface area (Å²) >= 11 is 0. The number of carbonyl (C=O) groups is 3. The Labute approximate surface area is 204 Å². The zero-order valence-electron chi connectivity index (χ0n) is 19.4. The molecule has 0 spiro atoms. The van der Waals surface area contributed by atoms with Crippen LogP contribution in [0.5, 0.6) is 11.5 Å². The third-order valence-corrected chi connectivity index (χ3v) is 5.09. The van der Waals surface area contributed by atoms with Crippen LogP contribution in [0.25, 0.3) is 0 Å². The minimum atomic E-state index is -0.605. The van der Waals surface area contributed by atoms with Crippen LogP contribution < -0.4 is 9.47 Å². The molecule has 3 aromatic carbocycles. The third-order valence-electron chi connectivity index (χ3n) is 5.09. The van der Waals surface area contributed by atoms with Gasteiger partial charge in [0.2, 0.25) is 0 Å². The Bertz CT molecular complexity index is 1190. The normalized spacial score (nSPS) is 11.3. The highest BCUT2D eigenvalue weighted by Crippen LogP contribution is 2.31. The molecular formula is C29H26O6. The predicted octanol–water partition coefficient (Wildman–Crippen LogP) is 5.59. The Balaban J connectivity index is 1.84. The van der Waals surface area contributed by atoms with Crippen molar-refractivity contribution in [2.24, 2.45) is 5.92 Å². The average Bonchev–Trinajstić information content (AvgIpc) is 2.89. The topological polar surface area (TPSA) is 78.9 Å². The van der Waals surface area contributed by atoms with E-state index in [2.05, 4.69) is 13.2 Å². The summed E-state index contributed by atoms with van der Waals surface area (Å²) in [6.07, 6.45) is 2.69. The lowest BCUT2D eigenvalue weighted by molar-refractivity contribution is -0.149. The summed E-state index contributed by atoms with van der Waals surface area (Å²) in [4.78, 5) is 37.7. The maximum atomic E-state index is 12.7. The van der Waals surface area contributed by atoms with E-state index in [-0.39, 0.29) is 11.5 Å². The van der Waals surface area contributed by atoms with Crippen LogP contribution >= 0.6 is 0 Å². The van der Waals surface area contributed by atoms with Crippen molar-refractivity contribution in [3.8, 4) is 11.5 Å². The van der Waals surface area contributed by atoms with E-state index >= 15 is 0 Å². The molecule has 0 fully saturated rings. The summed E-state index contributed by atoms with van der Waals surface area (Å²) < 4.78 is 16.5. The summed E-state index contributed by atoms with van der Waals surface area (Å²) in [5.41, 5.74) is 1.39. The summed E-state index contributed by atoms with van der Waals surface area (Å²) in [5.74, 6) is -1.96. The molecule has 6 heteroatoms. The van der Waals surface area contributed by atoms with Crippen LogP contribution in [0.15, 0.2) is 104 Å². The smallest absolute Gasteiger partial charge is 0.343 e. The van der Waals surface area contributed by atoms with Gasteiger partial charge in [-0.2, -0.15) is 0 Å². The molecule has 0 aliphatic heterocycles. The molecule has 0 radical (unpaired) electrons. The first-order valence-corrected chi connectivity index (χ1v) is 11.0. The van der Waals surface area contributed by atoms with Gasteiger partial charge >= 0.3 is 17.9 Å². The molecule has 0 aromatic heterocycles. The molecule has 0 unspecified atom stereocenters. The van der Waals surface area contributed by atoms with Gasteiger partial charge in [0.1, 0.15) is 6.10 Å². The Morgan fingerprint density at radius 3 is 1.80 bits per heavy atom. The third kappa shape index (κ3) is 7.01. The second-order valence-electron chi connectivity index (χ2n) is 7.77. The number of hydrogen-bond donors (Lipinski definition) is 0. The van der Waals surface area contributed by atoms with E-state index in [1.54, 1.807) is 79.7 Å². The van der Waals surface area contributed by atoms with Crippen LogP contribution in [0.2, 0.25) is 0 Å². The zero-order valence-corrected chi connectivity index (χ0v) is 19.4. The van der Waals surface area contributed by atoms with E-state index in [0.29, 0.717) is 23.1 Å². The number of hydrogen-bond acceptors (Lipinski definition) is 6. The first kappa shape index (κ1) is 25.2. The van der Waals surface area contributed by atoms with Crippen molar-refractivity contribution in [3.05, 3.63) is 121 Å². The fraction of sp³-hybridized carbons (Fsp3) is 0.138. The maximum Gasteiger partial charge on any atom is 0.343 e. The molecule has 35 heavy (non-hydrogen) atoms. The minimum Gasteiger partial charge on any atom is -0.454 e. The Morgan fingerprint density at radius 1 is 0.771 bits per heavy atom. The number of rotatable bonds is 10. The lowest BCUT2D eigenvalue weighted by Gasteiger charge is -2.16. The SMILES string of the molecule is C=CC(C=C)OC(=O)[C@@H](C)Cc1ccc(OC(=O)c2ccccc2)c(OC(=O)c2ccccc2)c1. The standard InChI is InChI=1S/C29H26O6/c1-4-24(5-2)33-27(30)20(3)18-21-16-17-25(34-28(31)22-12-8-6-9-13-22)26(19-21)35-29(32)23-14-10-7-11-15-23/h4-17,19-20,24H,1-2,18H2,3H3/t20-/m0/s1. The number of esters is 3. The van der Waals surface area contributed by atoms with E-state index in [1.807, 2.05) is 0 Å². The van der Waals surface area contributed by atoms with Crippen molar-refractivity contribution in [3.63, 3.8) is 0 Å². The summed E-state index contributed by atoms with van der Waals surface area (Å²) in [7, 11) is 0. The quantitative estimate of drug-likeness (QED) is 0.218. The van der Waals surface area contributed by atoms with Gasteiger partial charge in [0, 0.05) is 0 Å². The summed E-state index contributed by atoms with van der Waals surface area (Å²) in [6.45, 7) is 8.95. The monoisotopic (exact) mass is 470 g/mol. The Hall–Kier alpha value is -4.45.